The molecule has 32 heavy (non-hydrogen) atoms. The van der Waals surface area contributed by atoms with Gasteiger partial charge < -0.3 is 9.47 Å². The van der Waals surface area contributed by atoms with Gasteiger partial charge in [0.2, 0.25) is 0 Å². The van der Waals surface area contributed by atoms with Crippen LogP contribution in [-0.4, -0.2) is 30.6 Å². The van der Waals surface area contributed by atoms with Crippen molar-refractivity contribution in [2.45, 2.75) is 32.2 Å². The smallest absolute Gasteiger partial charge is 0.341 e. The predicted octanol–water partition coefficient (Wildman–Crippen LogP) is 4.56. The molecule has 0 aliphatic heterocycles. The number of ether oxygens (including phenoxy) is 2. The first-order valence-electron chi connectivity index (χ1n) is 10.4. The van der Waals surface area contributed by atoms with E-state index >= 15 is 0 Å². The number of carbonyl (C=O) groups excluding carboxylic acids is 2. The second-order valence-electron chi connectivity index (χ2n) is 7.46. The number of amides is 1. The number of nitrogens with zero attached hydrogens (tertiary/aromatic N) is 2. The lowest BCUT2D eigenvalue weighted by Crippen LogP contribution is -2.34. The van der Waals surface area contributed by atoms with Crippen LogP contribution in [0.1, 0.15) is 39.3 Å². The van der Waals surface area contributed by atoms with E-state index in [1.807, 2.05) is 30.3 Å². The minimum atomic E-state index is -0.906. The van der Waals surface area contributed by atoms with E-state index in [1.54, 1.807) is 0 Å². The molecule has 0 N–H and O–H groups in total. The number of aromatic nitrogens is 1. The molecule has 6 nitrogen and oxygen atoms in total. The molecule has 166 valence electrons. The molecule has 1 aliphatic carbocycles. The molecule has 0 radical (unpaired) electrons. The van der Waals surface area contributed by atoms with E-state index in [1.165, 1.54) is 40.4 Å². The van der Waals surface area contributed by atoms with Gasteiger partial charge >= 0.3 is 5.97 Å². The maximum absolute atomic E-state index is 14.2. The molecule has 0 saturated carbocycles. The van der Waals surface area contributed by atoms with Gasteiger partial charge in [-0.15, -0.1) is 11.3 Å². The number of aryl methyl sites for hydroxylation is 2. The molecular formula is C24H23FN2O4S. The topological polar surface area (TPSA) is 68.7 Å². The Morgan fingerprint density at radius 1 is 1.12 bits per heavy atom. The quantitative estimate of drug-likeness (QED) is 0.490. The summed E-state index contributed by atoms with van der Waals surface area (Å²) in [6.07, 6.45) is 4.08. The summed E-state index contributed by atoms with van der Waals surface area (Å²) in [5.41, 5.74) is 1.72. The van der Waals surface area contributed by atoms with Gasteiger partial charge in [0, 0.05) is 10.9 Å². The standard InChI is InChI=1S/C24H23FN2O4S/c1-30-17-11-12-18(19(25)13-17)23(29)31-15-22(28)27(14-16-7-3-2-4-8-16)24-26-20-9-5-6-10-21(20)32-24/h2-4,7-8,11-13H,5-6,9-10,14-15H2,1H3. The molecule has 0 saturated heterocycles. The summed E-state index contributed by atoms with van der Waals surface area (Å²) in [5.74, 6) is -1.80. The summed E-state index contributed by atoms with van der Waals surface area (Å²) in [6.45, 7) is -0.206. The highest BCUT2D eigenvalue weighted by atomic mass is 32.1. The van der Waals surface area contributed by atoms with Crippen molar-refractivity contribution in [3.8, 4) is 5.75 Å². The molecule has 0 unspecified atom stereocenters. The SMILES string of the molecule is COc1ccc(C(=O)OCC(=O)N(Cc2ccccc2)c2nc3c(s2)CCCC3)c(F)c1. The number of benzene rings is 2. The fraction of sp³-hybridized carbons (Fsp3) is 0.292. The van der Waals surface area contributed by atoms with E-state index in [4.69, 9.17) is 14.5 Å². The average molecular weight is 455 g/mol. The average Bonchev–Trinajstić information content (AvgIpc) is 3.25. The Balaban J connectivity index is 1.51. The normalized spacial score (nSPS) is 12.7. The Hall–Kier alpha value is -3.26. The summed E-state index contributed by atoms with van der Waals surface area (Å²) in [6, 6.07) is 13.4. The van der Waals surface area contributed by atoms with Crippen LogP contribution in [0.4, 0.5) is 9.52 Å². The molecule has 4 rings (SSSR count). The maximum atomic E-state index is 14.2. The van der Waals surface area contributed by atoms with Crippen molar-refractivity contribution in [1.29, 1.82) is 0 Å². The number of fused-ring (bicyclic) bond motifs is 1. The molecule has 8 heteroatoms. The lowest BCUT2D eigenvalue weighted by atomic mass is 10.0. The zero-order chi connectivity index (χ0) is 22.5. The molecular weight excluding hydrogens is 431 g/mol. The number of methoxy groups -OCH3 is 1. The third-order valence-corrected chi connectivity index (χ3v) is 6.45. The Morgan fingerprint density at radius 3 is 2.62 bits per heavy atom. The van der Waals surface area contributed by atoms with E-state index in [0.717, 1.165) is 43.0 Å². The first-order chi connectivity index (χ1) is 15.5. The second kappa shape index (κ2) is 9.91. The number of esters is 1. The molecule has 1 amide bonds. The molecule has 0 spiro atoms. The van der Waals surface area contributed by atoms with E-state index in [9.17, 15) is 14.0 Å². The highest BCUT2D eigenvalue weighted by Crippen LogP contribution is 2.32. The molecule has 1 heterocycles. The molecule has 1 aliphatic rings. The van der Waals surface area contributed by atoms with Crippen molar-refractivity contribution in [2.24, 2.45) is 0 Å². The number of rotatable bonds is 7. The zero-order valence-corrected chi connectivity index (χ0v) is 18.5. The van der Waals surface area contributed by atoms with Gasteiger partial charge in [-0.05, 0) is 43.4 Å². The van der Waals surface area contributed by atoms with Crippen molar-refractivity contribution in [3.63, 3.8) is 0 Å². The van der Waals surface area contributed by atoms with Gasteiger partial charge in [0.25, 0.3) is 5.91 Å². The summed E-state index contributed by atoms with van der Waals surface area (Å²) in [4.78, 5) is 32.9. The fourth-order valence-corrected chi connectivity index (χ4v) is 4.72. The van der Waals surface area contributed by atoms with Crippen LogP contribution in [-0.2, 0) is 28.9 Å². The Bertz CT molecular complexity index is 1090. The van der Waals surface area contributed by atoms with E-state index in [2.05, 4.69) is 0 Å². The minimum absolute atomic E-state index is 0.252. The number of anilines is 1. The third kappa shape index (κ3) is 4.96. The Morgan fingerprint density at radius 2 is 1.91 bits per heavy atom. The maximum Gasteiger partial charge on any atom is 0.341 e. The first kappa shape index (κ1) is 22.0. The summed E-state index contributed by atoms with van der Waals surface area (Å²) in [5, 5.41) is 0.595. The third-order valence-electron chi connectivity index (χ3n) is 5.27. The number of thiazole rings is 1. The van der Waals surface area contributed by atoms with Crippen LogP contribution in [0.15, 0.2) is 48.5 Å². The number of hydrogen-bond donors (Lipinski definition) is 0. The van der Waals surface area contributed by atoms with E-state index in [0.29, 0.717) is 11.7 Å². The number of halogens is 1. The van der Waals surface area contributed by atoms with Crippen LogP contribution in [0.3, 0.4) is 0 Å². The monoisotopic (exact) mass is 454 g/mol. The van der Waals surface area contributed by atoms with Crippen molar-refractivity contribution >= 4 is 28.3 Å². The molecule has 0 atom stereocenters. The molecule has 1 aromatic heterocycles. The van der Waals surface area contributed by atoms with Gasteiger partial charge in [-0.1, -0.05) is 30.3 Å². The number of carbonyl (C=O) groups is 2. The van der Waals surface area contributed by atoms with Crippen LogP contribution < -0.4 is 9.64 Å². The Labute approximate surface area is 189 Å². The van der Waals surface area contributed by atoms with Gasteiger partial charge in [0.05, 0.1) is 24.9 Å². The van der Waals surface area contributed by atoms with Crippen LogP contribution in [0.5, 0.6) is 5.75 Å². The lowest BCUT2D eigenvalue weighted by Gasteiger charge is -2.20. The molecule has 2 aromatic carbocycles. The van der Waals surface area contributed by atoms with Gasteiger partial charge in [-0.2, -0.15) is 0 Å². The van der Waals surface area contributed by atoms with Crippen LogP contribution in [0, 0.1) is 5.82 Å². The van der Waals surface area contributed by atoms with Gasteiger partial charge in [0.1, 0.15) is 11.6 Å². The van der Waals surface area contributed by atoms with Gasteiger partial charge in [0.15, 0.2) is 11.7 Å². The van der Waals surface area contributed by atoms with Crippen molar-refractivity contribution < 1.29 is 23.5 Å². The molecule has 0 fully saturated rings. The summed E-state index contributed by atoms with van der Waals surface area (Å²) >= 11 is 1.51. The highest BCUT2D eigenvalue weighted by Gasteiger charge is 2.25. The molecule has 3 aromatic rings. The van der Waals surface area contributed by atoms with Gasteiger partial charge in [-0.25, -0.2) is 14.2 Å². The van der Waals surface area contributed by atoms with Gasteiger partial charge in [-0.3, -0.25) is 9.69 Å². The van der Waals surface area contributed by atoms with Crippen molar-refractivity contribution in [2.75, 3.05) is 18.6 Å². The number of hydrogen-bond acceptors (Lipinski definition) is 6. The highest BCUT2D eigenvalue weighted by molar-refractivity contribution is 7.15. The van der Waals surface area contributed by atoms with Crippen molar-refractivity contribution in [3.05, 3.63) is 76.0 Å². The summed E-state index contributed by atoms with van der Waals surface area (Å²) in [7, 11) is 1.41. The zero-order valence-electron chi connectivity index (χ0n) is 17.7. The second-order valence-corrected chi connectivity index (χ2v) is 8.52. The fourth-order valence-electron chi connectivity index (χ4n) is 3.55. The lowest BCUT2D eigenvalue weighted by molar-refractivity contribution is -0.121. The first-order valence-corrected chi connectivity index (χ1v) is 11.2. The summed E-state index contributed by atoms with van der Waals surface area (Å²) < 4.78 is 24.3. The van der Waals surface area contributed by atoms with E-state index < -0.39 is 24.3 Å². The Kier molecular flexibility index (Phi) is 6.80. The van der Waals surface area contributed by atoms with Crippen LogP contribution in [0.25, 0.3) is 0 Å². The van der Waals surface area contributed by atoms with Crippen molar-refractivity contribution in [1.82, 2.24) is 4.98 Å². The predicted molar refractivity (Wildman–Crippen MR) is 120 cm³/mol. The van der Waals surface area contributed by atoms with Crippen LogP contribution in [0.2, 0.25) is 0 Å². The van der Waals surface area contributed by atoms with Crippen LogP contribution >= 0.6 is 11.3 Å². The van der Waals surface area contributed by atoms with E-state index in [-0.39, 0.29) is 11.3 Å². The molecule has 0 bridgehead atoms. The largest absolute Gasteiger partial charge is 0.497 e. The minimum Gasteiger partial charge on any atom is -0.497 e.